The van der Waals surface area contributed by atoms with Crippen LogP contribution in [-0.4, -0.2) is 75.1 Å². The van der Waals surface area contributed by atoms with Gasteiger partial charge in [0.15, 0.2) is 5.54 Å². The van der Waals surface area contributed by atoms with Gasteiger partial charge < -0.3 is 14.2 Å². The monoisotopic (exact) mass is 461 g/mol. The number of hydrogen-bond acceptors (Lipinski definition) is 5. The summed E-state index contributed by atoms with van der Waals surface area (Å²) in [5.41, 5.74) is -0.815. The molecule has 9 nitrogen and oxygen atoms in total. The van der Waals surface area contributed by atoms with E-state index >= 15 is 0 Å². The molecule has 1 unspecified atom stereocenters. The number of nitrogens with zero attached hydrogens (tertiary/aromatic N) is 5. The number of hydrogen-bond donors (Lipinski definition) is 0. The Morgan fingerprint density at radius 2 is 1.82 bits per heavy atom. The molecule has 1 atom stereocenters. The zero-order valence-electron chi connectivity index (χ0n) is 19.1. The number of urea groups is 2. The minimum atomic E-state index is -1.46. The SMILES string of the molecule is CC1(c2cccc3ccccc23)C(=O)N(CCCn2ccnc2)C(=O)N1C(=O)N1CCOCC1. The number of benzene rings is 2. The molecule has 2 aliphatic rings. The molecule has 3 aromatic rings. The van der Waals surface area contributed by atoms with Crippen LogP contribution in [0.2, 0.25) is 0 Å². The maximum atomic E-state index is 13.9. The highest BCUT2D eigenvalue weighted by Crippen LogP contribution is 2.41. The van der Waals surface area contributed by atoms with Crippen LogP contribution in [-0.2, 0) is 21.6 Å². The molecule has 2 saturated heterocycles. The lowest BCUT2D eigenvalue weighted by atomic mass is 9.86. The van der Waals surface area contributed by atoms with Crippen molar-refractivity contribution in [1.29, 1.82) is 0 Å². The number of imidazole rings is 1. The first-order valence-corrected chi connectivity index (χ1v) is 11.5. The fourth-order valence-corrected chi connectivity index (χ4v) is 4.84. The molecule has 2 fully saturated rings. The summed E-state index contributed by atoms with van der Waals surface area (Å²) in [6, 6.07) is 12.3. The van der Waals surface area contributed by atoms with E-state index in [0.717, 1.165) is 15.7 Å². The molecule has 3 heterocycles. The topological polar surface area (TPSA) is 88.0 Å². The smallest absolute Gasteiger partial charge is 0.336 e. The van der Waals surface area contributed by atoms with E-state index in [0.29, 0.717) is 44.8 Å². The lowest BCUT2D eigenvalue weighted by Gasteiger charge is -2.36. The Hall–Kier alpha value is -3.72. The number of carbonyl (C=O) groups is 3. The molecule has 5 amide bonds. The van der Waals surface area contributed by atoms with Crippen molar-refractivity contribution in [1.82, 2.24) is 24.3 Å². The molecule has 0 aliphatic carbocycles. The van der Waals surface area contributed by atoms with E-state index in [1.807, 2.05) is 53.2 Å². The lowest BCUT2D eigenvalue weighted by Crippen LogP contribution is -2.55. The van der Waals surface area contributed by atoms with E-state index in [1.54, 1.807) is 24.3 Å². The maximum absolute atomic E-state index is 13.9. The number of ether oxygens (including phenoxy) is 1. The molecule has 34 heavy (non-hydrogen) atoms. The Labute approximate surface area is 197 Å². The predicted octanol–water partition coefficient (Wildman–Crippen LogP) is 3.06. The third-order valence-corrected chi connectivity index (χ3v) is 6.68. The second kappa shape index (κ2) is 8.90. The fraction of sp³-hybridized carbons (Fsp3) is 0.360. The standard InChI is InChI=1S/C25H27N5O4/c1-25(21-9-4-7-19-6-2-3-8-20(19)21)22(31)29(12-5-11-27-13-10-26-18-27)24(33)30(25)23(32)28-14-16-34-17-15-28/h2-4,6-10,13,18H,5,11-12,14-17H2,1H3. The van der Waals surface area contributed by atoms with E-state index < -0.39 is 17.6 Å². The summed E-state index contributed by atoms with van der Waals surface area (Å²) in [6.07, 6.45) is 5.77. The van der Waals surface area contributed by atoms with Gasteiger partial charge in [-0.05, 0) is 29.7 Å². The number of aryl methyl sites for hydroxylation is 1. The van der Waals surface area contributed by atoms with Gasteiger partial charge in [0.25, 0.3) is 5.91 Å². The highest BCUT2D eigenvalue weighted by atomic mass is 16.5. The van der Waals surface area contributed by atoms with Crippen molar-refractivity contribution < 1.29 is 19.1 Å². The van der Waals surface area contributed by atoms with E-state index in [2.05, 4.69) is 4.98 Å². The number of rotatable bonds is 5. The normalized spacial score (nSPS) is 21.0. The molecule has 9 heteroatoms. The van der Waals surface area contributed by atoms with Crippen LogP contribution in [0.15, 0.2) is 61.2 Å². The van der Waals surface area contributed by atoms with Crippen LogP contribution in [0.5, 0.6) is 0 Å². The molecular weight excluding hydrogens is 434 g/mol. The van der Waals surface area contributed by atoms with Crippen molar-refractivity contribution in [3.05, 3.63) is 66.7 Å². The highest BCUT2D eigenvalue weighted by molar-refractivity contribution is 6.15. The van der Waals surface area contributed by atoms with Crippen LogP contribution >= 0.6 is 0 Å². The summed E-state index contributed by atoms with van der Waals surface area (Å²) in [5.74, 6) is -0.388. The number of morpholine rings is 1. The quantitative estimate of drug-likeness (QED) is 0.545. The van der Waals surface area contributed by atoms with Crippen LogP contribution < -0.4 is 0 Å². The molecule has 5 rings (SSSR count). The molecule has 0 spiro atoms. The number of carbonyl (C=O) groups excluding carboxylic acids is 3. The van der Waals surface area contributed by atoms with E-state index in [1.165, 1.54) is 4.90 Å². The third kappa shape index (κ3) is 3.62. The Morgan fingerprint density at radius 3 is 2.59 bits per heavy atom. The van der Waals surface area contributed by atoms with Crippen molar-refractivity contribution >= 4 is 28.7 Å². The predicted molar refractivity (Wildman–Crippen MR) is 125 cm³/mol. The van der Waals surface area contributed by atoms with Crippen molar-refractivity contribution in [2.45, 2.75) is 25.4 Å². The average Bonchev–Trinajstić information content (AvgIpc) is 3.45. The van der Waals surface area contributed by atoms with Crippen molar-refractivity contribution in [3.8, 4) is 0 Å². The number of amides is 5. The molecule has 0 bridgehead atoms. The second-order valence-corrected chi connectivity index (χ2v) is 8.71. The molecule has 0 saturated carbocycles. The van der Waals surface area contributed by atoms with Crippen LogP contribution in [0.25, 0.3) is 10.8 Å². The van der Waals surface area contributed by atoms with Crippen molar-refractivity contribution in [2.75, 3.05) is 32.8 Å². The van der Waals surface area contributed by atoms with Crippen molar-refractivity contribution in [2.24, 2.45) is 0 Å². The first-order chi connectivity index (χ1) is 16.5. The van der Waals surface area contributed by atoms with Gasteiger partial charge in [-0.25, -0.2) is 19.5 Å². The minimum Gasteiger partial charge on any atom is -0.378 e. The Morgan fingerprint density at radius 1 is 1.06 bits per heavy atom. The Kier molecular flexibility index (Phi) is 5.79. The number of imide groups is 2. The molecule has 0 radical (unpaired) electrons. The van der Waals surface area contributed by atoms with Crippen LogP contribution in [0.4, 0.5) is 9.59 Å². The maximum Gasteiger partial charge on any atom is 0.336 e. The first-order valence-electron chi connectivity index (χ1n) is 11.5. The van der Waals surface area contributed by atoms with Crippen LogP contribution in [0, 0.1) is 0 Å². The molecule has 176 valence electrons. The van der Waals surface area contributed by atoms with Gasteiger partial charge in [-0.1, -0.05) is 42.5 Å². The van der Waals surface area contributed by atoms with Gasteiger partial charge in [-0.15, -0.1) is 0 Å². The van der Waals surface area contributed by atoms with Gasteiger partial charge in [0.1, 0.15) is 0 Å². The second-order valence-electron chi connectivity index (χ2n) is 8.71. The molecule has 2 aromatic carbocycles. The number of fused-ring (bicyclic) bond motifs is 1. The van der Waals surface area contributed by atoms with Gasteiger partial charge in [0.2, 0.25) is 0 Å². The summed E-state index contributed by atoms with van der Waals surface area (Å²) in [4.78, 5) is 49.2. The Bertz CT molecular complexity index is 1220. The lowest BCUT2D eigenvalue weighted by molar-refractivity contribution is -0.132. The van der Waals surface area contributed by atoms with Gasteiger partial charge in [0, 0.05) is 38.6 Å². The zero-order valence-corrected chi connectivity index (χ0v) is 19.1. The molecule has 0 N–H and O–H groups in total. The first kappa shape index (κ1) is 22.1. The fourth-order valence-electron chi connectivity index (χ4n) is 4.84. The van der Waals surface area contributed by atoms with E-state index in [4.69, 9.17) is 4.74 Å². The van der Waals surface area contributed by atoms with Gasteiger partial charge >= 0.3 is 12.1 Å². The van der Waals surface area contributed by atoms with E-state index in [-0.39, 0.29) is 12.5 Å². The largest absolute Gasteiger partial charge is 0.378 e. The third-order valence-electron chi connectivity index (χ3n) is 6.68. The minimum absolute atomic E-state index is 0.211. The zero-order chi connectivity index (χ0) is 23.7. The van der Waals surface area contributed by atoms with Gasteiger partial charge in [-0.3, -0.25) is 9.69 Å². The van der Waals surface area contributed by atoms with E-state index in [9.17, 15) is 14.4 Å². The van der Waals surface area contributed by atoms with Gasteiger partial charge in [-0.2, -0.15) is 0 Å². The summed E-state index contributed by atoms with van der Waals surface area (Å²) >= 11 is 0. The number of aromatic nitrogens is 2. The average molecular weight is 462 g/mol. The molecule has 2 aliphatic heterocycles. The molecule has 1 aromatic heterocycles. The van der Waals surface area contributed by atoms with Crippen molar-refractivity contribution in [3.63, 3.8) is 0 Å². The van der Waals surface area contributed by atoms with Crippen LogP contribution in [0.1, 0.15) is 18.9 Å². The summed E-state index contributed by atoms with van der Waals surface area (Å²) in [5, 5.41) is 1.78. The van der Waals surface area contributed by atoms with Gasteiger partial charge in [0.05, 0.1) is 19.5 Å². The molecular formula is C25H27N5O4. The van der Waals surface area contributed by atoms with Crippen LogP contribution in [0.3, 0.4) is 0 Å². The summed E-state index contributed by atoms with van der Waals surface area (Å²) in [7, 11) is 0. The Balaban J connectivity index is 1.53. The summed E-state index contributed by atoms with van der Waals surface area (Å²) in [6.45, 7) is 4.07. The summed E-state index contributed by atoms with van der Waals surface area (Å²) < 4.78 is 7.28. The highest BCUT2D eigenvalue weighted by Gasteiger charge is 2.59.